The van der Waals surface area contributed by atoms with Gasteiger partial charge in [-0.05, 0) is 25.0 Å². The summed E-state index contributed by atoms with van der Waals surface area (Å²) in [6.07, 6.45) is 1.46. The molecule has 0 radical (unpaired) electrons. The molecular formula is C16H27ClN2O3. The van der Waals surface area contributed by atoms with Crippen molar-refractivity contribution in [3.63, 3.8) is 0 Å². The molecule has 0 aliphatic rings. The molecule has 0 saturated carbocycles. The number of nitrogens with two attached hydrogens (primary N) is 1. The molecule has 22 heavy (non-hydrogen) atoms. The van der Waals surface area contributed by atoms with Crippen LogP contribution in [0.4, 0.5) is 0 Å². The first-order chi connectivity index (χ1) is 10.1. The van der Waals surface area contributed by atoms with Crippen LogP contribution in [0.3, 0.4) is 0 Å². The summed E-state index contributed by atoms with van der Waals surface area (Å²) in [4.78, 5) is 12.4. The number of carbonyl (C=O) groups excluding carboxylic acids is 1. The zero-order valence-corrected chi connectivity index (χ0v) is 14.6. The Morgan fingerprint density at radius 3 is 2.32 bits per heavy atom. The molecule has 6 heteroatoms. The molecule has 0 bridgehead atoms. The Bertz CT molecular complexity index is 468. The van der Waals surface area contributed by atoms with Crippen molar-refractivity contribution in [3.8, 4) is 11.5 Å². The van der Waals surface area contributed by atoms with E-state index in [1.807, 2.05) is 26.0 Å². The maximum Gasteiger partial charge on any atom is 0.227 e. The molecule has 1 aromatic carbocycles. The standard InChI is InChI=1S/C16H26N2O3.ClH/c1-5-16(6-2,11-17)15(19)18-10-12-7-8-13(20-3)9-14(12)21-4;/h7-9H,5-6,10-11,17H2,1-4H3,(H,18,19);1H. The van der Waals surface area contributed by atoms with Crippen molar-refractivity contribution in [2.75, 3.05) is 20.8 Å². The average molecular weight is 331 g/mol. The van der Waals surface area contributed by atoms with Gasteiger partial charge >= 0.3 is 0 Å². The van der Waals surface area contributed by atoms with E-state index in [9.17, 15) is 4.79 Å². The van der Waals surface area contributed by atoms with Gasteiger partial charge in [0.15, 0.2) is 0 Å². The van der Waals surface area contributed by atoms with Crippen molar-refractivity contribution in [2.45, 2.75) is 33.2 Å². The number of benzene rings is 1. The minimum atomic E-state index is -0.486. The molecule has 5 nitrogen and oxygen atoms in total. The van der Waals surface area contributed by atoms with E-state index in [4.69, 9.17) is 15.2 Å². The molecular weight excluding hydrogens is 304 g/mol. The molecule has 1 aromatic rings. The first kappa shape index (κ1) is 20.5. The summed E-state index contributed by atoms with van der Waals surface area (Å²) in [6, 6.07) is 5.54. The highest BCUT2D eigenvalue weighted by molar-refractivity contribution is 5.85. The summed E-state index contributed by atoms with van der Waals surface area (Å²) in [7, 11) is 3.21. The summed E-state index contributed by atoms with van der Waals surface area (Å²) in [5.41, 5.74) is 6.21. The maximum absolute atomic E-state index is 12.4. The van der Waals surface area contributed by atoms with Crippen LogP contribution >= 0.6 is 12.4 Å². The highest BCUT2D eigenvalue weighted by atomic mass is 35.5. The molecule has 1 rings (SSSR count). The number of carbonyl (C=O) groups is 1. The molecule has 0 aliphatic carbocycles. The van der Waals surface area contributed by atoms with Crippen molar-refractivity contribution in [3.05, 3.63) is 23.8 Å². The first-order valence-corrected chi connectivity index (χ1v) is 7.26. The van der Waals surface area contributed by atoms with E-state index in [0.717, 1.165) is 24.2 Å². The largest absolute Gasteiger partial charge is 0.497 e. The minimum Gasteiger partial charge on any atom is -0.497 e. The lowest BCUT2D eigenvalue weighted by molar-refractivity contribution is -0.131. The molecule has 0 aliphatic heterocycles. The molecule has 0 aromatic heterocycles. The van der Waals surface area contributed by atoms with E-state index >= 15 is 0 Å². The summed E-state index contributed by atoms with van der Waals surface area (Å²) >= 11 is 0. The van der Waals surface area contributed by atoms with E-state index in [1.165, 1.54) is 0 Å². The van der Waals surface area contributed by atoms with Gasteiger partial charge in [-0.25, -0.2) is 0 Å². The van der Waals surface area contributed by atoms with Gasteiger partial charge in [0.1, 0.15) is 11.5 Å². The zero-order chi connectivity index (χ0) is 15.9. The first-order valence-electron chi connectivity index (χ1n) is 7.26. The molecule has 0 fully saturated rings. The lowest BCUT2D eigenvalue weighted by Gasteiger charge is -2.28. The van der Waals surface area contributed by atoms with Gasteiger partial charge in [0.2, 0.25) is 5.91 Å². The smallest absolute Gasteiger partial charge is 0.227 e. The number of nitrogens with one attached hydrogen (secondary N) is 1. The van der Waals surface area contributed by atoms with Crippen molar-refractivity contribution in [1.29, 1.82) is 0 Å². The second kappa shape index (κ2) is 9.54. The van der Waals surface area contributed by atoms with Gasteiger partial charge in [-0.15, -0.1) is 12.4 Å². The van der Waals surface area contributed by atoms with E-state index in [0.29, 0.717) is 18.8 Å². The van der Waals surface area contributed by atoms with Gasteiger partial charge in [-0.3, -0.25) is 4.79 Å². The summed E-state index contributed by atoms with van der Waals surface area (Å²) in [6.45, 7) is 4.74. The number of halogens is 1. The van der Waals surface area contributed by atoms with Gasteiger partial charge < -0.3 is 20.5 Å². The fourth-order valence-corrected chi connectivity index (χ4v) is 2.31. The van der Waals surface area contributed by atoms with Gasteiger partial charge in [0.25, 0.3) is 0 Å². The van der Waals surface area contributed by atoms with Crippen LogP contribution < -0.4 is 20.5 Å². The van der Waals surface area contributed by atoms with E-state index in [-0.39, 0.29) is 18.3 Å². The summed E-state index contributed by atoms with van der Waals surface area (Å²) < 4.78 is 10.5. The third-order valence-electron chi connectivity index (χ3n) is 4.16. The van der Waals surface area contributed by atoms with Crippen LogP contribution in [0.15, 0.2) is 18.2 Å². The molecule has 0 atom stereocenters. The Morgan fingerprint density at radius 1 is 1.23 bits per heavy atom. The lowest BCUT2D eigenvalue weighted by atomic mass is 9.81. The third kappa shape index (κ3) is 4.52. The fraction of sp³-hybridized carbons (Fsp3) is 0.562. The van der Waals surface area contributed by atoms with Crippen LogP contribution in [-0.4, -0.2) is 26.7 Å². The monoisotopic (exact) mass is 330 g/mol. The second-order valence-corrected chi connectivity index (χ2v) is 5.05. The highest BCUT2D eigenvalue weighted by Gasteiger charge is 2.33. The van der Waals surface area contributed by atoms with E-state index in [1.54, 1.807) is 20.3 Å². The highest BCUT2D eigenvalue weighted by Crippen LogP contribution is 2.27. The quantitative estimate of drug-likeness (QED) is 0.768. The molecule has 1 amide bonds. The average Bonchev–Trinajstić information content (AvgIpc) is 2.54. The SMILES string of the molecule is CCC(CC)(CN)C(=O)NCc1ccc(OC)cc1OC.Cl. The van der Waals surface area contributed by atoms with Crippen molar-refractivity contribution < 1.29 is 14.3 Å². The Balaban J connectivity index is 0.00000441. The Labute approximate surface area is 139 Å². The molecule has 0 spiro atoms. The topological polar surface area (TPSA) is 73.6 Å². The van der Waals surface area contributed by atoms with Crippen LogP contribution in [0.2, 0.25) is 0 Å². The number of methoxy groups -OCH3 is 2. The van der Waals surface area contributed by atoms with Gasteiger partial charge in [0, 0.05) is 24.7 Å². The molecule has 126 valence electrons. The van der Waals surface area contributed by atoms with Crippen LogP contribution in [0.5, 0.6) is 11.5 Å². The Kier molecular flexibility index (Phi) is 8.90. The third-order valence-corrected chi connectivity index (χ3v) is 4.16. The van der Waals surface area contributed by atoms with Gasteiger partial charge in [0.05, 0.1) is 19.6 Å². The molecule has 0 heterocycles. The zero-order valence-electron chi connectivity index (χ0n) is 13.8. The van der Waals surface area contributed by atoms with Crippen LogP contribution in [0.25, 0.3) is 0 Å². The Hall–Kier alpha value is -1.46. The summed E-state index contributed by atoms with van der Waals surface area (Å²) in [5.74, 6) is 1.41. The normalized spacial score (nSPS) is 10.6. The molecule has 3 N–H and O–H groups in total. The lowest BCUT2D eigenvalue weighted by Crippen LogP contribution is -2.45. The summed E-state index contributed by atoms with van der Waals surface area (Å²) in [5, 5.41) is 2.97. The number of amides is 1. The van der Waals surface area contributed by atoms with Crippen LogP contribution in [0, 0.1) is 5.41 Å². The molecule has 0 unspecified atom stereocenters. The van der Waals surface area contributed by atoms with Crippen molar-refractivity contribution in [2.24, 2.45) is 11.1 Å². The minimum absolute atomic E-state index is 0. The van der Waals surface area contributed by atoms with Gasteiger partial charge in [-0.1, -0.05) is 13.8 Å². The van der Waals surface area contributed by atoms with E-state index in [2.05, 4.69) is 5.32 Å². The fourth-order valence-electron chi connectivity index (χ4n) is 2.31. The predicted octanol–water partition coefficient (Wildman–Crippen LogP) is 2.51. The molecule has 0 saturated heterocycles. The van der Waals surface area contributed by atoms with Crippen molar-refractivity contribution >= 4 is 18.3 Å². The number of ether oxygens (including phenoxy) is 2. The van der Waals surface area contributed by atoms with Crippen LogP contribution in [-0.2, 0) is 11.3 Å². The predicted molar refractivity (Wildman–Crippen MR) is 90.7 cm³/mol. The van der Waals surface area contributed by atoms with Gasteiger partial charge in [-0.2, -0.15) is 0 Å². The van der Waals surface area contributed by atoms with E-state index < -0.39 is 5.41 Å². The number of hydrogen-bond acceptors (Lipinski definition) is 4. The van der Waals surface area contributed by atoms with Crippen molar-refractivity contribution in [1.82, 2.24) is 5.32 Å². The maximum atomic E-state index is 12.4. The Morgan fingerprint density at radius 2 is 1.86 bits per heavy atom. The number of rotatable bonds is 8. The van der Waals surface area contributed by atoms with Crippen LogP contribution in [0.1, 0.15) is 32.3 Å². The second-order valence-electron chi connectivity index (χ2n) is 5.05. The number of hydrogen-bond donors (Lipinski definition) is 2.